The molecule has 0 spiro atoms. The van der Waals surface area contributed by atoms with Crippen molar-refractivity contribution in [2.75, 3.05) is 18.4 Å². The van der Waals surface area contributed by atoms with E-state index in [2.05, 4.69) is 22.3 Å². The van der Waals surface area contributed by atoms with Gasteiger partial charge in [-0.1, -0.05) is 48.9 Å². The molecular weight excluding hydrogens is 330 g/mol. The van der Waals surface area contributed by atoms with Crippen molar-refractivity contribution >= 4 is 17.3 Å². The molecule has 1 amide bonds. The van der Waals surface area contributed by atoms with E-state index in [4.69, 9.17) is 0 Å². The van der Waals surface area contributed by atoms with Gasteiger partial charge in [-0.2, -0.15) is 0 Å². The molecule has 0 radical (unpaired) electrons. The zero-order valence-electron chi connectivity index (χ0n) is 14.6. The molecule has 1 heterocycles. The van der Waals surface area contributed by atoms with Crippen LogP contribution in [0.5, 0.6) is 0 Å². The van der Waals surface area contributed by atoms with Crippen molar-refractivity contribution < 1.29 is 9.72 Å². The second-order valence-corrected chi connectivity index (χ2v) is 6.63. The lowest BCUT2D eigenvalue weighted by molar-refractivity contribution is -0.383. The molecule has 2 aromatic carbocycles. The number of nitrogens with zero attached hydrogens (tertiary/aromatic N) is 2. The van der Waals surface area contributed by atoms with Crippen LogP contribution in [0.25, 0.3) is 0 Å². The lowest BCUT2D eigenvalue weighted by Gasteiger charge is -2.35. The maximum Gasteiger partial charge on any atom is 0.292 e. The molecule has 1 aliphatic heterocycles. The fraction of sp³-hybridized carbons (Fsp3) is 0.350. The van der Waals surface area contributed by atoms with Gasteiger partial charge in [0, 0.05) is 12.1 Å². The normalized spacial score (nSPS) is 17.6. The number of likely N-dealkylation sites (tertiary alicyclic amines) is 1. The lowest BCUT2D eigenvalue weighted by atomic mass is 9.95. The minimum atomic E-state index is -0.477. The van der Waals surface area contributed by atoms with Crippen molar-refractivity contribution in [2.24, 2.45) is 0 Å². The number of hydrogen-bond acceptors (Lipinski definition) is 4. The van der Waals surface area contributed by atoms with Crippen LogP contribution in [0.3, 0.4) is 0 Å². The standard InChI is InChI=1S/C20H23N3O3/c24-20(21-18-11-4-5-12-19(18)23(25)26)15-22-13-7-6-10-17(22)14-16-8-2-1-3-9-16/h1-5,8-9,11-12,17H,6-7,10,13-15H2,(H,21,24). The van der Waals surface area contributed by atoms with E-state index in [1.807, 2.05) is 18.2 Å². The largest absolute Gasteiger partial charge is 0.319 e. The molecular formula is C20H23N3O3. The number of hydrogen-bond donors (Lipinski definition) is 1. The van der Waals surface area contributed by atoms with Crippen molar-refractivity contribution in [1.82, 2.24) is 4.90 Å². The molecule has 0 aromatic heterocycles. The van der Waals surface area contributed by atoms with Crippen LogP contribution in [0, 0.1) is 10.1 Å². The Labute approximate surface area is 153 Å². The monoisotopic (exact) mass is 353 g/mol. The highest BCUT2D eigenvalue weighted by Crippen LogP contribution is 2.24. The van der Waals surface area contributed by atoms with Gasteiger partial charge in [-0.25, -0.2) is 0 Å². The highest BCUT2D eigenvalue weighted by molar-refractivity contribution is 5.94. The maximum atomic E-state index is 12.5. The summed E-state index contributed by atoms with van der Waals surface area (Å²) in [4.78, 5) is 25.3. The van der Waals surface area contributed by atoms with E-state index in [9.17, 15) is 14.9 Å². The molecule has 1 saturated heterocycles. The molecule has 26 heavy (non-hydrogen) atoms. The van der Waals surface area contributed by atoms with Crippen LogP contribution < -0.4 is 5.32 Å². The topological polar surface area (TPSA) is 75.5 Å². The summed E-state index contributed by atoms with van der Waals surface area (Å²) in [6.07, 6.45) is 4.22. The second kappa shape index (κ2) is 8.58. The van der Waals surface area contributed by atoms with E-state index < -0.39 is 4.92 Å². The van der Waals surface area contributed by atoms with E-state index >= 15 is 0 Å². The van der Waals surface area contributed by atoms with Gasteiger partial charge in [-0.05, 0) is 37.4 Å². The van der Waals surface area contributed by atoms with Crippen molar-refractivity contribution in [3.8, 4) is 0 Å². The Bertz CT molecular complexity index is 764. The van der Waals surface area contributed by atoms with Gasteiger partial charge in [0.15, 0.2) is 0 Å². The van der Waals surface area contributed by atoms with Crippen LogP contribution in [0.15, 0.2) is 54.6 Å². The van der Waals surface area contributed by atoms with Crippen molar-refractivity contribution in [3.05, 3.63) is 70.3 Å². The number of rotatable bonds is 6. The van der Waals surface area contributed by atoms with E-state index in [1.54, 1.807) is 18.2 Å². The van der Waals surface area contributed by atoms with Gasteiger partial charge in [0.05, 0.1) is 11.5 Å². The van der Waals surface area contributed by atoms with Gasteiger partial charge in [-0.3, -0.25) is 19.8 Å². The first kappa shape index (κ1) is 18.1. The molecule has 6 nitrogen and oxygen atoms in total. The molecule has 1 N–H and O–H groups in total. The number of para-hydroxylation sites is 2. The summed E-state index contributed by atoms with van der Waals surface area (Å²) >= 11 is 0. The predicted octanol–water partition coefficient (Wildman–Crippen LogP) is 3.63. The van der Waals surface area contributed by atoms with Crippen LogP contribution >= 0.6 is 0 Å². The molecule has 136 valence electrons. The molecule has 0 bridgehead atoms. The van der Waals surface area contributed by atoms with E-state index in [-0.39, 0.29) is 23.8 Å². The van der Waals surface area contributed by atoms with Crippen molar-refractivity contribution in [1.29, 1.82) is 0 Å². The van der Waals surface area contributed by atoms with Gasteiger partial charge in [0.1, 0.15) is 5.69 Å². The van der Waals surface area contributed by atoms with Crippen LogP contribution in [-0.4, -0.2) is 34.9 Å². The Morgan fingerprint density at radius 1 is 1.12 bits per heavy atom. The summed E-state index contributed by atoms with van der Waals surface area (Å²) < 4.78 is 0. The summed E-state index contributed by atoms with van der Waals surface area (Å²) in [5, 5.41) is 13.8. The summed E-state index contributed by atoms with van der Waals surface area (Å²) in [5.74, 6) is -0.209. The number of benzene rings is 2. The smallest absolute Gasteiger partial charge is 0.292 e. The minimum absolute atomic E-state index is 0.0830. The third-order valence-corrected chi connectivity index (χ3v) is 4.78. The Balaban J connectivity index is 1.64. The molecule has 6 heteroatoms. The number of nitrogens with one attached hydrogen (secondary N) is 1. The maximum absolute atomic E-state index is 12.5. The quantitative estimate of drug-likeness (QED) is 0.635. The highest BCUT2D eigenvalue weighted by atomic mass is 16.6. The molecule has 1 unspecified atom stereocenters. The van der Waals surface area contributed by atoms with E-state index in [0.29, 0.717) is 6.04 Å². The van der Waals surface area contributed by atoms with Crippen molar-refractivity contribution in [3.63, 3.8) is 0 Å². The van der Waals surface area contributed by atoms with Gasteiger partial charge in [-0.15, -0.1) is 0 Å². The number of carbonyl (C=O) groups excluding carboxylic acids is 1. The van der Waals surface area contributed by atoms with Gasteiger partial charge < -0.3 is 5.32 Å². The molecule has 0 aliphatic carbocycles. The minimum Gasteiger partial charge on any atom is -0.319 e. The average Bonchev–Trinajstić information content (AvgIpc) is 2.64. The molecule has 2 aromatic rings. The Hall–Kier alpha value is -2.73. The van der Waals surface area contributed by atoms with E-state index in [1.165, 1.54) is 18.1 Å². The zero-order chi connectivity index (χ0) is 18.4. The Morgan fingerprint density at radius 2 is 1.85 bits per heavy atom. The number of nitro benzene ring substituents is 1. The zero-order valence-corrected chi connectivity index (χ0v) is 14.6. The fourth-order valence-electron chi connectivity index (χ4n) is 3.50. The fourth-order valence-corrected chi connectivity index (χ4v) is 3.50. The summed E-state index contributed by atoms with van der Waals surface area (Å²) in [7, 11) is 0. The van der Waals surface area contributed by atoms with E-state index in [0.717, 1.165) is 25.8 Å². The van der Waals surface area contributed by atoms with Gasteiger partial charge in [0.25, 0.3) is 5.69 Å². The second-order valence-electron chi connectivity index (χ2n) is 6.63. The summed E-state index contributed by atoms with van der Waals surface area (Å²) in [6, 6.07) is 16.8. The third kappa shape index (κ3) is 4.67. The molecule has 1 fully saturated rings. The molecule has 1 atom stereocenters. The molecule has 0 saturated carbocycles. The van der Waals surface area contributed by atoms with Gasteiger partial charge >= 0.3 is 0 Å². The third-order valence-electron chi connectivity index (χ3n) is 4.78. The Kier molecular flexibility index (Phi) is 5.96. The summed E-state index contributed by atoms with van der Waals surface area (Å²) in [5.41, 5.74) is 1.43. The average molecular weight is 353 g/mol. The van der Waals surface area contributed by atoms with Crippen molar-refractivity contribution in [2.45, 2.75) is 31.7 Å². The number of piperidine rings is 1. The number of nitro groups is 1. The number of carbonyl (C=O) groups is 1. The first-order chi connectivity index (χ1) is 12.6. The van der Waals surface area contributed by atoms with Crippen LogP contribution in [-0.2, 0) is 11.2 Å². The number of amides is 1. The first-order valence-electron chi connectivity index (χ1n) is 8.95. The molecule has 3 rings (SSSR count). The van der Waals surface area contributed by atoms with Gasteiger partial charge in [0.2, 0.25) is 5.91 Å². The number of anilines is 1. The predicted molar refractivity (Wildman–Crippen MR) is 101 cm³/mol. The lowest BCUT2D eigenvalue weighted by Crippen LogP contribution is -2.45. The summed E-state index contributed by atoms with van der Waals surface area (Å²) in [6.45, 7) is 1.13. The van der Waals surface area contributed by atoms with Crippen LogP contribution in [0.1, 0.15) is 24.8 Å². The molecule has 1 aliphatic rings. The first-order valence-corrected chi connectivity index (χ1v) is 8.95. The van der Waals surface area contributed by atoms with Crippen LogP contribution in [0.4, 0.5) is 11.4 Å². The van der Waals surface area contributed by atoms with Crippen LogP contribution in [0.2, 0.25) is 0 Å². The SMILES string of the molecule is O=C(CN1CCCCC1Cc1ccccc1)Nc1ccccc1[N+](=O)[O-]. The highest BCUT2D eigenvalue weighted by Gasteiger charge is 2.25. The Morgan fingerprint density at radius 3 is 2.62 bits per heavy atom.